The number of rotatable bonds is 2. The number of fused-ring (bicyclic) bond motifs is 1. The molecule has 6 heteroatoms. The molecule has 1 aromatic rings. The van der Waals surface area contributed by atoms with E-state index in [-0.39, 0.29) is 6.10 Å². The Morgan fingerprint density at radius 2 is 2.50 bits per heavy atom. The van der Waals surface area contributed by atoms with Gasteiger partial charge in [0.15, 0.2) is 5.82 Å². The minimum atomic E-state index is 0.00546. The molecule has 0 amide bonds. The Kier molecular flexibility index (Phi) is 2.62. The van der Waals surface area contributed by atoms with Crippen LogP contribution in [-0.4, -0.2) is 45.8 Å². The molecule has 6 nitrogen and oxygen atoms in total. The third kappa shape index (κ3) is 1.73. The highest BCUT2D eigenvalue weighted by atomic mass is 16.5. The average molecular weight is 223 g/mol. The first-order valence-electron chi connectivity index (χ1n) is 5.83. The zero-order valence-electron chi connectivity index (χ0n) is 9.22. The first-order valence-corrected chi connectivity index (χ1v) is 5.83. The second-order valence-corrected chi connectivity index (χ2v) is 4.46. The summed E-state index contributed by atoms with van der Waals surface area (Å²) in [5, 5.41) is 6.98. The molecular formula is C10H17N5O. The SMILES string of the molecule is NCc1nc(C2CN3CCCC3CO2)n[nH]1. The minimum Gasteiger partial charge on any atom is -0.367 e. The third-order valence-electron chi connectivity index (χ3n) is 3.42. The Balaban J connectivity index is 1.71. The van der Waals surface area contributed by atoms with Gasteiger partial charge in [-0.1, -0.05) is 0 Å². The lowest BCUT2D eigenvalue weighted by molar-refractivity contribution is -0.0540. The van der Waals surface area contributed by atoms with Gasteiger partial charge in [0, 0.05) is 12.6 Å². The molecule has 88 valence electrons. The van der Waals surface area contributed by atoms with Crippen LogP contribution in [0, 0.1) is 0 Å². The standard InChI is InChI=1S/C10H17N5O/c11-4-9-12-10(14-13-9)8-5-15-3-1-2-7(15)6-16-8/h7-8H,1-6,11H2,(H,12,13,14). The predicted octanol–water partition coefficient (Wildman–Crippen LogP) is -0.201. The smallest absolute Gasteiger partial charge is 0.180 e. The zero-order valence-corrected chi connectivity index (χ0v) is 9.22. The van der Waals surface area contributed by atoms with Crippen molar-refractivity contribution in [3.8, 4) is 0 Å². The van der Waals surface area contributed by atoms with Crippen molar-refractivity contribution in [3.63, 3.8) is 0 Å². The van der Waals surface area contributed by atoms with Crippen LogP contribution in [0.2, 0.25) is 0 Å². The van der Waals surface area contributed by atoms with E-state index in [9.17, 15) is 0 Å². The van der Waals surface area contributed by atoms with Crippen LogP contribution in [0.3, 0.4) is 0 Å². The number of aromatic amines is 1. The molecule has 2 fully saturated rings. The maximum Gasteiger partial charge on any atom is 0.180 e. The lowest BCUT2D eigenvalue weighted by atomic mass is 10.2. The molecule has 0 spiro atoms. The van der Waals surface area contributed by atoms with Gasteiger partial charge >= 0.3 is 0 Å². The van der Waals surface area contributed by atoms with Crippen LogP contribution in [0.1, 0.15) is 30.6 Å². The Hall–Kier alpha value is -0.980. The quantitative estimate of drug-likeness (QED) is 0.725. The summed E-state index contributed by atoms with van der Waals surface area (Å²) in [5.41, 5.74) is 5.49. The number of H-pyrrole nitrogens is 1. The monoisotopic (exact) mass is 223 g/mol. The van der Waals surface area contributed by atoms with Gasteiger partial charge in [0.2, 0.25) is 0 Å². The number of aromatic nitrogens is 3. The molecule has 2 saturated heterocycles. The Morgan fingerprint density at radius 3 is 3.31 bits per heavy atom. The van der Waals surface area contributed by atoms with Crippen LogP contribution >= 0.6 is 0 Å². The molecule has 0 bridgehead atoms. The molecule has 2 unspecified atom stereocenters. The first-order chi connectivity index (χ1) is 7.86. The molecule has 3 rings (SSSR count). The van der Waals surface area contributed by atoms with E-state index in [4.69, 9.17) is 10.5 Å². The summed E-state index contributed by atoms with van der Waals surface area (Å²) in [7, 11) is 0. The Morgan fingerprint density at radius 1 is 1.56 bits per heavy atom. The largest absolute Gasteiger partial charge is 0.367 e. The molecule has 3 heterocycles. The van der Waals surface area contributed by atoms with E-state index in [1.54, 1.807) is 0 Å². The van der Waals surface area contributed by atoms with E-state index >= 15 is 0 Å². The van der Waals surface area contributed by atoms with Crippen molar-refractivity contribution < 1.29 is 4.74 Å². The normalized spacial score (nSPS) is 30.6. The van der Waals surface area contributed by atoms with Crippen LogP contribution in [-0.2, 0) is 11.3 Å². The molecule has 2 atom stereocenters. The number of morpholine rings is 1. The van der Waals surface area contributed by atoms with Crippen molar-refractivity contribution in [3.05, 3.63) is 11.6 Å². The van der Waals surface area contributed by atoms with Gasteiger partial charge in [-0.05, 0) is 19.4 Å². The van der Waals surface area contributed by atoms with E-state index in [1.807, 2.05) is 0 Å². The minimum absolute atomic E-state index is 0.00546. The number of hydrogen-bond acceptors (Lipinski definition) is 5. The molecule has 0 radical (unpaired) electrons. The lowest BCUT2D eigenvalue weighted by Gasteiger charge is -2.33. The van der Waals surface area contributed by atoms with Crippen LogP contribution in [0.25, 0.3) is 0 Å². The van der Waals surface area contributed by atoms with Crippen molar-refractivity contribution in [1.82, 2.24) is 20.1 Å². The van der Waals surface area contributed by atoms with Crippen molar-refractivity contribution in [1.29, 1.82) is 0 Å². The third-order valence-corrected chi connectivity index (χ3v) is 3.42. The maximum absolute atomic E-state index is 5.81. The molecular weight excluding hydrogens is 206 g/mol. The molecule has 2 aliphatic rings. The summed E-state index contributed by atoms with van der Waals surface area (Å²) in [6, 6.07) is 0.615. The van der Waals surface area contributed by atoms with Gasteiger partial charge in [-0.15, -0.1) is 0 Å². The summed E-state index contributed by atoms with van der Waals surface area (Å²) < 4.78 is 5.81. The second-order valence-electron chi connectivity index (χ2n) is 4.46. The Bertz CT molecular complexity index is 366. The van der Waals surface area contributed by atoms with Crippen molar-refractivity contribution >= 4 is 0 Å². The number of nitrogens with two attached hydrogens (primary N) is 1. The van der Waals surface area contributed by atoms with Gasteiger partial charge in [0.05, 0.1) is 13.2 Å². The maximum atomic E-state index is 5.81. The molecule has 3 N–H and O–H groups in total. The van der Waals surface area contributed by atoms with Crippen LogP contribution in [0.4, 0.5) is 0 Å². The molecule has 0 aliphatic carbocycles. The Labute approximate surface area is 94.2 Å². The average Bonchev–Trinajstić information content (AvgIpc) is 2.96. The van der Waals surface area contributed by atoms with E-state index in [0.29, 0.717) is 12.6 Å². The molecule has 1 aromatic heterocycles. The number of hydrogen-bond donors (Lipinski definition) is 2. The first kappa shape index (κ1) is 10.2. The fourth-order valence-electron chi connectivity index (χ4n) is 2.52. The van der Waals surface area contributed by atoms with Crippen molar-refractivity contribution in [2.45, 2.75) is 31.5 Å². The van der Waals surface area contributed by atoms with Crippen molar-refractivity contribution in [2.24, 2.45) is 5.73 Å². The highest BCUT2D eigenvalue weighted by Gasteiger charge is 2.34. The summed E-state index contributed by atoms with van der Waals surface area (Å²) in [6.45, 7) is 3.29. The van der Waals surface area contributed by atoms with Gasteiger partial charge in [-0.25, -0.2) is 4.98 Å². The van der Waals surface area contributed by atoms with Gasteiger partial charge in [0.25, 0.3) is 0 Å². The molecule has 16 heavy (non-hydrogen) atoms. The van der Waals surface area contributed by atoms with Crippen molar-refractivity contribution in [2.75, 3.05) is 19.7 Å². The van der Waals surface area contributed by atoms with Crippen LogP contribution < -0.4 is 5.73 Å². The lowest BCUT2D eigenvalue weighted by Crippen LogP contribution is -2.42. The van der Waals surface area contributed by atoms with Gasteiger partial charge in [-0.2, -0.15) is 5.10 Å². The highest BCUT2D eigenvalue weighted by Crippen LogP contribution is 2.28. The van der Waals surface area contributed by atoms with E-state index in [0.717, 1.165) is 24.8 Å². The highest BCUT2D eigenvalue weighted by molar-refractivity contribution is 4.98. The summed E-state index contributed by atoms with van der Waals surface area (Å²) in [6.07, 6.45) is 2.54. The molecule has 2 aliphatic heterocycles. The van der Waals surface area contributed by atoms with Crippen LogP contribution in [0.5, 0.6) is 0 Å². The number of ether oxygens (including phenoxy) is 1. The molecule has 0 saturated carbocycles. The van der Waals surface area contributed by atoms with E-state index in [1.165, 1.54) is 19.4 Å². The van der Waals surface area contributed by atoms with Crippen LogP contribution in [0.15, 0.2) is 0 Å². The summed E-state index contributed by atoms with van der Waals surface area (Å²) >= 11 is 0. The molecule has 0 aromatic carbocycles. The van der Waals surface area contributed by atoms with Gasteiger partial charge < -0.3 is 10.5 Å². The second kappa shape index (κ2) is 4.12. The van der Waals surface area contributed by atoms with E-state index in [2.05, 4.69) is 20.1 Å². The fraction of sp³-hybridized carbons (Fsp3) is 0.800. The summed E-state index contributed by atoms with van der Waals surface area (Å²) in [5.74, 6) is 1.47. The number of nitrogens with one attached hydrogen (secondary N) is 1. The van der Waals surface area contributed by atoms with Gasteiger partial charge in [-0.3, -0.25) is 10.00 Å². The zero-order chi connectivity index (χ0) is 11.0. The predicted molar refractivity (Wildman–Crippen MR) is 57.6 cm³/mol. The topological polar surface area (TPSA) is 80.1 Å². The van der Waals surface area contributed by atoms with E-state index < -0.39 is 0 Å². The summed E-state index contributed by atoms with van der Waals surface area (Å²) in [4.78, 5) is 6.80. The fourth-order valence-corrected chi connectivity index (χ4v) is 2.52. The number of nitrogens with zero attached hydrogens (tertiary/aromatic N) is 3. The van der Waals surface area contributed by atoms with Gasteiger partial charge in [0.1, 0.15) is 11.9 Å².